The van der Waals surface area contributed by atoms with Gasteiger partial charge in [0.2, 0.25) is 5.88 Å². The zero-order valence-electron chi connectivity index (χ0n) is 16.1. The summed E-state index contributed by atoms with van der Waals surface area (Å²) in [5.41, 5.74) is 5.52. The van der Waals surface area contributed by atoms with E-state index in [1.54, 1.807) is 29.0 Å². The number of pyridine rings is 2. The second-order valence-corrected chi connectivity index (χ2v) is 6.90. The van der Waals surface area contributed by atoms with Crippen LogP contribution in [-0.2, 0) is 6.61 Å². The number of ether oxygens (including phenoxy) is 1. The molecule has 0 spiro atoms. The van der Waals surface area contributed by atoms with Crippen LogP contribution in [0.1, 0.15) is 5.56 Å². The summed E-state index contributed by atoms with van der Waals surface area (Å²) in [6.07, 6.45) is 3.51. The van der Waals surface area contributed by atoms with Crippen LogP contribution in [0.5, 0.6) is 5.88 Å². The Morgan fingerprint density at radius 3 is 2.30 bits per heavy atom. The Hall–Kier alpha value is -3.99. The number of rotatable bonds is 5. The van der Waals surface area contributed by atoms with E-state index in [1.807, 2.05) is 60.7 Å². The van der Waals surface area contributed by atoms with Crippen LogP contribution in [0, 0.1) is 5.82 Å². The molecule has 0 aliphatic rings. The average Bonchev–Trinajstić information content (AvgIpc) is 3.19. The molecular weight excluding hydrogens is 377 g/mol. The molecule has 5 rings (SSSR count). The molecule has 2 aromatic carbocycles. The van der Waals surface area contributed by atoms with E-state index in [0.717, 1.165) is 33.5 Å². The molecule has 0 amide bonds. The zero-order valence-corrected chi connectivity index (χ0v) is 16.1. The number of benzene rings is 2. The summed E-state index contributed by atoms with van der Waals surface area (Å²) in [5.74, 6) is 0.361. The minimum absolute atomic E-state index is 0.278. The van der Waals surface area contributed by atoms with Crippen molar-refractivity contribution in [2.75, 3.05) is 0 Å². The number of hydrogen-bond donors (Lipinski definition) is 0. The maximum absolute atomic E-state index is 13.5. The van der Waals surface area contributed by atoms with Gasteiger partial charge in [-0.3, -0.25) is 4.98 Å². The third-order valence-electron chi connectivity index (χ3n) is 4.94. The van der Waals surface area contributed by atoms with Crippen LogP contribution < -0.4 is 4.74 Å². The van der Waals surface area contributed by atoms with E-state index < -0.39 is 0 Å². The fourth-order valence-electron chi connectivity index (χ4n) is 3.50. The monoisotopic (exact) mass is 395 g/mol. The Morgan fingerprint density at radius 1 is 0.767 bits per heavy atom. The molecule has 0 aliphatic heterocycles. The van der Waals surface area contributed by atoms with Crippen molar-refractivity contribution in [1.29, 1.82) is 0 Å². The van der Waals surface area contributed by atoms with Crippen LogP contribution >= 0.6 is 0 Å². The molecular formula is C25H18FN3O. The van der Waals surface area contributed by atoms with E-state index in [2.05, 4.69) is 4.98 Å². The standard InChI is InChI=1S/C25H18FN3O/c26-21-11-9-20(10-12-21)25-24(19-13-15-27-16-14-19)22-7-4-8-23(29(22)28-25)30-17-18-5-2-1-3-6-18/h1-16H,17H2. The molecule has 0 unspecified atom stereocenters. The maximum atomic E-state index is 13.5. The molecule has 3 heterocycles. The van der Waals surface area contributed by atoms with Gasteiger partial charge in [0.15, 0.2) is 0 Å². The minimum Gasteiger partial charge on any atom is -0.473 e. The normalized spacial score (nSPS) is 11.0. The van der Waals surface area contributed by atoms with E-state index in [0.29, 0.717) is 12.5 Å². The van der Waals surface area contributed by atoms with Crippen molar-refractivity contribution in [2.24, 2.45) is 0 Å². The summed E-state index contributed by atoms with van der Waals surface area (Å²) in [5, 5.41) is 4.85. The zero-order chi connectivity index (χ0) is 20.3. The van der Waals surface area contributed by atoms with Gasteiger partial charge in [0.1, 0.15) is 18.1 Å². The first-order valence-corrected chi connectivity index (χ1v) is 9.64. The average molecular weight is 395 g/mol. The van der Waals surface area contributed by atoms with Gasteiger partial charge in [0.05, 0.1) is 5.52 Å². The third kappa shape index (κ3) is 3.42. The highest BCUT2D eigenvalue weighted by molar-refractivity contribution is 5.92. The smallest absolute Gasteiger partial charge is 0.215 e. The first kappa shape index (κ1) is 18.1. The van der Waals surface area contributed by atoms with Crippen molar-refractivity contribution >= 4 is 5.52 Å². The second kappa shape index (κ2) is 7.79. The largest absolute Gasteiger partial charge is 0.473 e. The number of hydrogen-bond acceptors (Lipinski definition) is 3. The Bertz CT molecular complexity index is 1280. The quantitative estimate of drug-likeness (QED) is 0.379. The molecule has 0 bridgehead atoms. The van der Waals surface area contributed by atoms with Gasteiger partial charge in [-0.2, -0.15) is 9.61 Å². The lowest BCUT2D eigenvalue weighted by atomic mass is 10.0. The molecule has 0 fully saturated rings. The Morgan fingerprint density at radius 2 is 1.53 bits per heavy atom. The lowest BCUT2D eigenvalue weighted by molar-refractivity contribution is 0.286. The van der Waals surface area contributed by atoms with Crippen LogP contribution in [0.2, 0.25) is 0 Å². The Balaban J connectivity index is 1.65. The number of nitrogens with zero attached hydrogens (tertiary/aromatic N) is 3. The molecule has 0 N–H and O–H groups in total. The van der Waals surface area contributed by atoms with Gasteiger partial charge in [0, 0.05) is 29.6 Å². The molecule has 0 saturated heterocycles. The van der Waals surface area contributed by atoms with E-state index >= 15 is 0 Å². The van der Waals surface area contributed by atoms with Gasteiger partial charge < -0.3 is 4.74 Å². The number of fused-ring (bicyclic) bond motifs is 1. The van der Waals surface area contributed by atoms with Crippen molar-refractivity contribution in [3.8, 4) is 28.3 Å². The van der Waals surface area contributed by atoms with E-state index in [-0.39, 0.29) is 5.82 Å². The molecule has 0 saturated carbocycles. The lowest BCUT2D eigenvalue weighted by Crippen LogP contribution is -2.01. The summed E-state index contributed by atoms with van der Waals surface area (Å²) >= 11 is 0. The van der Waals surface area contributed by atoms with Crippen LogP contribution in [0.15, 0.2) is 97.3 Å². The third-order valence-corrected chi connectivity index (χ3v) is 4.94. The highest BCUT2D eigenvalue weighted by atomic mass is 19.1. The molecule has 146 valence electrons. The first-order valence-electron chi connectivity index (χ1n) is 9.64. The lowest BCUT2D eigenvalue weighted by Gasteiger charge is -2.08. The Kier molecular flexibility index (Phi) is 4.69. The molecule has 0 aliphatic carbocycles. The van der Waals surface area contributed by atoms with Gasteiger partial charge in [-0.05, 0) is 53.6 Å². The van der Waals surface area contributed by atoms with Crippen LogP contribution in [-0.4, -0.2) is 14.6 Å². The molecule has 0 radical (unpaired) electrons. The van der Waals surface area contributed by atoms with Gasteiger partial charge in [0.25, 0.3) is 0 Å². The van der Waals surface area contributed by atoms with E-state index in [9.17, 15) is 4.39 Å². The molecule has 30 heavy (non-hydrogen) atoms. The first-order chi connectivity index (χ1) is 14.8. The second-order valence-electron chi connectivity index (χ2n) is 6.90. The van der Waals surface area contributed by atoms with Gasteiger partial charge in [-0.15, -0.1) is 0 Å². The summed E-state index contributed by atoms with van der Waals surface area (Å²) in [6, 6.07) is 26.1. The summed E-state index contributed by atoms with van der Waals surface area (Å²) < 4.78 is 21.4. The van der Waals surface area contributed by atoms with Gasteiger partial charge in [-0.1, -0.05) is 36.4 Å². The van der Waals surface area contributed by atoms with Crippen molar-refractivity contribution in [3.63, 3.8) is 0 Å². The van der Waals surface area contributed by atoms with Gasteiger partial charge in [-0.25, -0.2) is 4.39 Å². The number of halogens is 1. The summed E-state index contributed by atoms with van der Waals surface area (Å²) in [6.45, 7) is 0.441. The van der Waals surface area contributed by atoms with Gasteiger partial charge >= 0.3 is 0 Å². The molecule has 5 aromatic rings. The topological polar surface area (TPSA) is 39.4 Å². The number of aromatic nitrogens is 3. The van der Waals surface area contributed by atoms with E-state index in [1.165, 1.54) is 12.1 Å². The highest BCUT2D eigenvalue weighted by Gasteiger charge is 2.18. The predicted molar refractivity (Wildman–Crippen MR) is 115 cm³/mol. The Labute approximate surface area is 173 Å². The molecule has 5 heteroatoms. The summed E-state index contributed by atoms with van der Waals surface area (Å²) in [7, 11) is 0. The molecule has 3 aromatic heterocycles. The van der Waals surface area contributed by atoms with Crippen molar-refractivity contribution < 1.29 is 9.13 Å². The fraction of sp³-hybridized carbons (Fsp3) is 0.0400. The highest BCUT2D eigenvalue weighted by Crippen LogP contribution is 2.36. The van der Waals surface area contributed by atoms with Crippen molar-refractivity contribution in [2.45, 2.75) is 6.61 Å². The summed E-state index contributed by atoms with van der Waals surface area (Å²) in [4.78, 5) is 4.13. The predicted octanol–water partition coefficient (Wildman–Crippen LogP) is 5.78. The van der Waals surface area contributed by atoms with Crippen LogP contribution in [0.4, 0.5) is 4.39 Å². The van der Waals surface area contributed by atoms with E-state index in [4.69, 9.17) is 9.84 Å². The molecule has 0 atom stereocenters. The van der Waals surface area contributed by atoms with Crippen molar-refractivity contribution in [1.82, 2.24) is 14.6 Å². The van der Waals surface area contributed by atoms with Crippen LogP contribution in [0.25, 0.3) is 27.9 Å². The van der Waals surface area contributed by atoms with Crippen LogP contribution in [0.3, 0.4) is 0 Å². The van der Waals surface area contributed by atoms with Crippen molar-refractivity contribution in [3.05, 3.63) is 109 Å². The SMILES string of the molecule is Fc1ccc(-c2nn3c(OCc4ccccc4)cccc3c2-c2ccncc2)cc1. The fourth-order valence-corrected chi connectivity index (χ4v) is 3.50. The minimum atomic E-state index is -0.278. The molecule has 4 nitrogen and oxygen atoms in total. The maximum Gasteiger partial charge on any atom is 0.215 e.